The third-order valence-corrected chi connectivity index (χ3v) is 6.51. The molecular formula is C24H27ClF3N3O2. The van der Waals surface area contributed by atoms with Crippen LogP contribution in [0.4, 0.5) is 24.5 Å². The Kier molecular flexibility index (Phi) is 7.46. The van der Waals surface area contributed by atoms with E-state index in [1.165, 1.54) is 5.56 Å². The topological polar surface area (TPSA) is 53.6 Å². The van der Waals surface area contributed by atoms with E-state index in [1.807, 2.05) is 0 Å². The summed E-state index contributed by atoms with van der Waals surface area (Å²) in [4.78, 5) is 14.1. The van der Waals surface area contributed by atoms with Gasteiger partial charge in [-0.25, -0.2) is 0 Å². The molecule has 0 saturated carbocycles. The van der Waals surface area contributed by atoms with Crippen LogP contribution in [0.15, 0.2) is 36.4 Å². The van der Waals surface area contributed by atoms with Gasteiger partial charge in [-0.3, -0.25) is 9.69 Å². The highest BCUT2D eigenvalue weighted by molar-refractivity contribution is 6.33. The molecule has 33 heavy (non-hydrogen) atoms. The number of carbonyl (C=O) groups excluding carboxylic acids is 1. The summed E-state index contributed by atoms with van der Waals surface area (Å²) in [5.74, 6) is -2.79. The van der Waals surface area contributed by atoms with E-state index in [9.17, 15) is 18.0 Å². The monoisotopic (exact) mass is 481 g/mol. The van der Waals surface area contributed by atoms with Crippen LogP contribution in [0.1, 0.15) is 23.1 Å². The van der Waals surface area contributed by atoms with E-state index in [4.69, 9.17) is 16.3 Å². The van der Waals surface area contributed by atoms with Gasteiger partial charge in [-0.05, 0) is 41.7 Å². The number of alkyl halides is 3. The number of anilines is 2. The van der Waals surface area contributed by atoms with Crippen molar-refractivity contribution in [2.75, 3.05) is 43.5 Å². The van der Waals surface area contributed by atoms with E-state index in [0.717, 1.165) is 44.0 Å². The minimum atomic E-state index is -4.82. The number of ether oxygens (including phenoxy) is 1. The Balaban J connectivity index is 1.41. The van der Waals surface area contributed by atoms with Gasteiger partial charge in [-0.15, -0.1) is 0 Å². The first-order valence-corrected chi connectivity index (χ1v) is 11.5. The molecule has 9 heteroatoms. The second-order valence-electron chi connectivity index (χ2n) is 8.49. The standard InChI is InChI=1S/C24H27ClF3N3O2/c25-20-7-8-21-19(6-5-18(14-29-21)23(32)24(26,27)28)22(20)30-13-16-1-3-17(4-2-16)15-31-9-11-33-12-10-31/h1-4,7-8,18,29-30H,5-6,9-15H2. The van der Waals surface area contributed by atoms with Crippen molar-refractivity contribution >= 4 is 28.8 Å². The van der Waals surface area contributed by atoms with Crippen LogP contribution < -0.4 is 10.6 Å². The number of hydrogen-bond donors (Lipinski definition) is 2. The highest BCUT2D eigenvalue weighted by atomic mass is 35.5. The summed E-state index contributed by atoms with van der Waals surface area (Å²) in [6.45, 7) is 4.78. The Morgan fingerprint density at radius 3 is 2.52 bits per heavy atom. The Labute approximate surface area is 196 Å². The molecule has 4 rings (SSSR count). The summed E-state index contributed by atoms with van der Waals surface area (Å²) in [6, 6.07) is 11.8. The molecule has 0 spiro atoms. The largest absolute Gasteiger partial charge is 0.450 e. The van der Waals surface area contributed by atoms with Crippen LogP contribution in [0.3, 0.4) is 0 Å². The summed E-state index contributed by atoms with van der Waals surface area (Å²) >= 11 is 6.43. The van der Waals surface area contributed by atoms with Gasteiger partial charge in [0.2, 0.25) is 5.78 Å². The first-order valence-electron chi connectivity index (χ1n) is 11.1. The van der Waals surface area contributed by atoms with Gasteiger partial charge in [-0.2, -0.15) is 13.2 Å². The van der Waals surface area contributed by atoms with Gasteiger partial charge in [0, 0.05) is 44.3 Å². The molecule has 1 saturated heterocycles. The number of Topliss-reactive ketones (excluding diaryl/α,β-unsaturated/α-hetero) is 1. The molecule has 1 unspecified atom stereocenters. The van der Waals surface area contributed by atoms with Crippen molar-refractivity contribution in [2.45, 2.75) is 32.1 Å². The molecule has 2 aliphatic rings. The first-order chi connectivity index (χ1) is 15.8. The molecule has 2 aliphatic heterocycles. The lowest BCUT2D eigenvalue weighted by molar-refractivity contribution is -0.175. The summed E-state index contributed by atoms with van der Waals surface area (Å²) in [6.07, 6.45) is -4.38. The zero-order valence-electron chi connectivity index (χ0n) is 18.2. The second-order valence-corrected chi connectivity index (χ2v) is 8.89. The highest BCUT2D eigenvalue weighted by Crippen LogP contribution is 2.37. The second kappa shape index (κ2) is 10.3. The van der Waals surface area contributed by atoms with Crippen LogP contribution in [-0.4, -0.2) is 49.7 Å². The predicted octanol–water partition coefficient (Wildman–Crippen LogP) is 4.89. The Hall–Kier alpha value is -2.29. The SMILES string of the molecule is O=C(C1CCc2c(ccc(Cl)c2NCc2ccc(CN3CCOCC3)cc2)NC1)C(F)(F)F. The van der Waals surface area contributed by atoms with Gasteiger partial charge in [0.1, 0.15) is 0 Å². The predicted molar refractivity (Wildman–Crippen MR) is 123 cm³/mol. The van der Waals surface area contributed by atoms with Crippen LogP contribution in [-0.2, 0) is 29.0 Å². The molecule has 1 fully saturated rings. The fourth-order valence-electron chi connectivity index (χ4n) is 4.32. The maximum atomic E-state index is 12.9. The lowest BCUT2D eigenvalue weighted by atomic mass is 9.96. The average Bonchev–Trinajstić information content (AvgIpc) is 3.02. The van der Waals surface area contributed by atoms with E-state index in [2.05, 4.69) is 39.8 Å². The zero-order valence-corrected chi connectivity index (χ0v) is 18.9. The van der Waals surface area contributed by atoms with E-state index in [0.29, 0.717) is 29.4 Å². The van der Waals surface area contributed by atoms with Crippen LogP contribution in [0.5, 0.6) is 0 Å². The van der Waals surface area contributed by atoms with Gasteiger partial charge in [0.05, 0.1) is 23.9 Å². The van der Waals surface area contributed by atoms with E-state index >= 15 is 0 Å². The molecular weight excluding hydrogens is 455 g/mol. The molecule has 0 radical (unpaired) electrons. The number of nitrogens with one attached hydrogen (secondary N) is 2. The number of morpholine rings is 1. The Morgan fingerprint density at radius 2 is 1.82 bits per heavy atom. The molecule has 0 aromatic heterocycles. The van der Waals surface area contributed by atoms with Gasteiger partial charge in [-0.1, -0.05) is 35.9 Å². The Morgan fingerprint density at radius 1 is 1.12 bits per heavy atom. The third kappa shape index (κ3) is 5.99. The van der Waals surface area contributed by atoms with Crippen LogP contribution in [0, 0.1) is 5.92 Å². The van der Waals surface area contributed by atoms with Crippen LogP contribution >= 0.6 is 11.6 Å². The van der Waals surface area contributed by atoms with Crippen LogP contribution in [0.2, 0.25) is 5.02 Å². The fourth-order valence-corrected chi connectivity index (χ4v) is 4.56. The minimum absolute atomic E-state index is 0.0446. The number of rotatable bonds is 6. The van der Waals surface area contributed by atoms with E-state index in [1.54, 1.807) is 12.1 Å². The maximum Gasteiger partial charge on any atom is 0.450 e. The fraction of sp³-hybridized carbons (Fsp3) is 0.458. The summed E-state index contributed by atoms with van der Waals surface area (Å²) in [5, 5.41) is 6.86. The van der Waals surface area contributed by atoms with Crippen molar-refractivity contribution in [3.63, 3.8) is 0 Å². The summed E-state index contributed by atoms with van der Waals surface area (Å²) in [7, 11) is 0. The average molecular weight is 482 g/mol. The van der Waals surface area contributed by atoms with Crippen molar-refractivity contribution in [1.82, 2.24) is 4.90 Å². The minimum Gasteiger partial charge on any atom is -0.384 e. The van der Waals surface area contributed by atoms with E-state index < -0.39 is 17.9 Å². The van der Waals surface area contributed by atoms with Crippen molar-refractivity contribution in [3.8, 4) is 0 Å². The number of nitrogens with zero attached hydrogens (tertiary/aromatic N) is 1. The third-order valence-electron chi connectivity index (χ3n) is 6.20. The molecule has 2 heterocycles. The summed E-state index contributed by atoms with van der Waals surface area (Å²) in [5.41, 5.74) is 4.52. The number of carbonyl (C=O) groups is 1. The maximum absolute atomic E-state index is 12.9. The highest BCUT2D eigenvalue weighted by Gasteiger charge is 2.43. The lowest BCUT2D eigenvalue weighted by Crippen LogP contribution is -2.35. The molecule has 1 atom stereocenters. The van der Waals surface area contributed by atoms with Crippen molar-refractivity contribution < 1.29 is 22.7 Å². The van der Waals surface area contributed by atoms with Crippen molar-refractivity contribution in [2.24, 2.45) is 5.92 Å². The Bertz CT molecular complexity index is 976. The van der Waals surface area contributed by atoms with Crippen molar-refractivity contribution in [1.29, 1.82) is 0 Å². The van der Waals surface area contributed by atoms with Gasteiger partial charge in [0.15, 0.2) is 0 Å². The van der Waals surface area contributed by atoms with Gasteiger partial charge >= 0.3 is 6.18 Å². The van der Waals surface area contributed by atoms with Crippen molar-refractivity contribution in [3.05, 3.63) is 58.1 Å². The lowest BCUT2D eigenvalue weighted by Gasteiger charge is -2.26. The van der Waals surface area contributed by atoms with Crippen LogP contribution in [0.25, 0.3) is 0 Å². The first kappa shape index (κ1) is 23.9. The normalized spacial score (nSPS) is 19.3. The quantitative estimate of drug-likeness (QED) is 0.615. The smallest absolute Gasteiger partial charge is 0.384 e. The van der Waals surface area contributed by atoms with Gasteiger partial charge in [0.25, 0.3) is 0 Å². The zero-order chi connectivity index (χ0) is 23.4. The number of fused-ring (bicyclic) bond motifs is 1. The molecule has 2 N–H and O–H groups in total. The summed E-state index contributed by atoms with van der Waals surface area (Å²) < 4.78 is 44.1. The molecule has 5 nitrogen and oxygen atoms in total. The molecule has 178 valence electrons. The molecule has 0 bridgehead atoms. The molecule has 2 aromatic carbocycles. The molecule has 2 aromatic rings. The number of benzene rings is 2. The number of ketones is 1. The molecule has 0 aliphatic carbocycles. The van der Waals surface area contributed by atoms with Gasteiger partial charge < -0.3 is 15.4 Å². The molecule has 0 amide bonds. The number of hydrogen-bond acceptors (Lipinski definition) is 5. The van der Waals surface area contributed by atoms with E-state index in [-0.39, 0.29) is 13.0 Å². The number of halogens is 4.